The standard InChI is InChI=1S/C23H24F2N4O3S/c1-23(2,3)29-22(31)32-9-8-20-26-13-19(33-20)14-4-6-17(7-5-14)27-21(30)28-18-11-15(24)10-16(25)12-18/h4-7,10-13H,8-9H2,1-3H3,(H,29,31)(H2,27,28,30). The van der Waals surface area contributed by atoms with Gasteiger partial charge in [-0.15, -0.1) is 11.3 Å². The highest BCUT2D eigenvalue weighted by Gasteiger charge is 2.15. The number of amides is 3. The van der Waals surface area contributed by atoms with Crippen LogP contribution in [-0.2, 0) is 11.2 Å². The fourth-order valence-corrected chi connectivity index (χ4v) is 3.67. The molecule has 10 heteroatoms. The van der Waals surface area contributed by atoms with E-state index in [2.05, 4.69) is 20.9 Å². The number of carbonyl (C=O) groups excluding carboxylic acids is 2. The number of carbonyl (C=O) groups is 2. The summed E-state index contributed by atoms with van der Waals surface area (Å²) in [5.74, 6) is -1.56. The third-order valence-corrected chi connectivity index (χ3v) is 5.23. The van der Waals surface area contributed by atoms with Gasteiger partial charge in [0.25, 0.3) is 0 Å². The van der Waals surface area contributed by atoms with E-state index in [1.165, 1.54) is 11.3 Å². The Morgan fingerprint density at radius 3 is 2.27 bits per heavy atom. The monoisotopic (exact) mass is 474 g/mol. The molecular weight excluding hydrogens is 450 g/mol. The molecule has 3 N–H and O–H groups in total. The van der Waals surface area contributed by atoms with E-state index < -0.39 is 23.8 Å². The lowest BCUT2D eigenvalue weighted by Crippen LogP contribution is -2.41. The van der Waals surface area contributed by atoms with Crippen molar-refractivity contribution in [3.63, 3.8) is 0 Å². The second kappa shape index (κ2) is 10.4. The molecule has 0 saturated carbocycles. The summed E-state index contributed by atoms with van der Waals surface area (Å²) in [6.07, 6.45) is 1.78. The number of nitrogens with zero attached hydrogens (tertiary/aromatic N) is 1. The molecule has 33 heavy (non-hydrogen) atoms. The van der Waals surface area contributed by atoms with E-state index in [-0.39, 0.29) is 17.8 Å². The zero-order valence-corrected chi connectivity index (χ0v) is 19.2. The van der Waals surface area contributed by atoms with Crippen LogP contribution in [0.1, 0.15) is 25.8 Å². The number of anilines is 2. The largest absolute Gasteiger partial charge is 0.449 e. The van der Waals surface area contributed by atoms with Crippen molar-refractivity contribution in [2.75, 3.05) is 17.2 Å². The van der Waals surface area contributed by atoms with E-state index >= 15 is 0 Å². The number of urea groups is 1. The minimum atomic E-state index is -0.779. The predicted molar refractivity (Wildman–Crippen MR) is 124 cm³/mol. The van der Waals surface area contributed by atoms with Crippen molar-refractivity contribution in [1.82, 2.24) is 10.3 Å². The van der Waals surface area contributed by atoms with Crippen LogP contribution in [-0.4, -0.2) is 29.3 Å². The number of halogens is 2. The van der Waals surface area contributed by atoms with Crippen molar-refractivity contribution in [1.29, 1.82) is 0 Å². The Morgan fingerprint density at radius 2 is 1.64 bits per heavy atom. The molecule has 0 aliphatic rings. The molecule has 2 aromatic carbocycles. The molecule has 0 aliphatic heterocycles. The molecule has 0 aliphatic carbocycles. The zero-order chi connectivity index (χ0) is 24.0. The van der Waals surface area contributed by atoms with E-state index in [9.17, 15) is 18.4 Å². The van der Waals surface area contributed by atoms with E-state index in [0.29, 0.717) is 12.1 Å². The first-order valence-corrected chi connectivity index (χ1v) is 10.9. The van der Waals surface area contributed by atoms with E-state index in [1.54, 1.807) is 18.3 Å². The second-order valence-corrected chi connectivity index (χ2v) is 9.31. The van der Waals surface area contributed by atoms with E-state index in [4.69, 9.17) is 4.74 Å². The maximum absolute atomic E-state index is 13.2. The normalized spacial score (nSPS) is 11.1. The fourth-order valence-electron chi connectivity index (χ4n) is 2.77. The molecule has 3 amide bonds. The zero-order valence-electron chi connectivity index (χ0n) is 18.4. The van der Waals surface area contributed by atoms with Gasteiger partial charge in [0.2, 0.25) is 0 Å². The van der Waals surface area contributed by atoms with Crippen LogP contribution >= 0.6 is 11.3 Å². The van der Waals surface area contributed by atoms with Crippen molar-refractivity contribution in [3.8, 4) is 10.4 Å². The number of hydrogen-bond donors (Lipinski definition) is 3. The number of alkyl carbamates (subject to hydrolysis) is 1. The molecule has 0 spiro atoms. The molecule has 3 aromatic rings. The van der Waals surface area contributed by atoms with Crippen LogP contribution in [0.25, 0.3) is 10.4 Å². The number of aromatic nitrogens is 1. The summed E-state index contributed by atoms with van der Waals surface area (Å²) >= 11 is 1.48. The third kappa shape index (κ3) is 7.83. The Labute approximate surface area is 194 Å². The van der Waals surface area contributed by atoms with Gasteiger partial charge in [-0.2, -0.15) is 0 Å². The van der Waals surface area contributed by atoms with Crippen molar-refractivity contribution >= 4 is 34.8 Å². The molecule has 1 heterocycles. The third-order valence-electron chi connectivity index (χ3n) is 4.13. The summed E-state index contributed by atoms with van der Waals surface area (Å²) in [5, 5.41) is 8.55. The molecule has 0 saturated heterocycles. The number of thiazole rings is 1. The molecule has 1 aromatic heterocycles. The first-order valence-electron chi connectivity index (χ1n) is 10.1. The Morgan fingerprint density at radius 1 is 1.00 bits per heavy atom. The van der Waals surface area contributed by atoms with E-state index in [0.717, 1.165) is 33.6 Å². The Bertz CT molecular complexity index is 1110. The SMILES string of the molecule is CC(C)(C)NC(=O)OCCc1ncc(-c2ccc(NC(=O)Nc3cc(F)cc(F)c3)cc2)s1. The molecule has 0 radical (unpaired) electrons. The molecule has 7 nitrogen and oxygen atoms in total. The average molecular weight is 475 g/mol. The van der Waals surface area contributed by atoms with Gasteiger partial charge in [-0.1, -0.05) is 12.1 Å². The summed E-state index contributed by atoms with van der Waals surface area (Å²) in [6.45, 7) is 5.85. The van der Waals surface area contributed by atoms with Crippen molar-refractivity contribution < 1.29 is 23.1 Å². The summed E-state index contributed by atoms with van der Waals surface area (Å²) in [7, 11) is 0. The minimum Gasteiger partial charge on any atom is -0.449 e. The van der Waals surface area contributed by atoms with Crippen molar-refractivity contribution in [2.45, 2.75) is 32.7 Å². The van der Waals surface area contributed by atoms with Gasteiger partial charge in [0.05, 0.1) is 16.5 Å². The first kappa shape index (κ1) is 24.1. The predicted octanol–water partition coefficient (Wildman–Crippen LogP) is 5.80. The Hall–Kier alpha value is -3.53. The van der Waals surface area contributed by atoms with Gasteiger partial charge < -0.3 is 20.7 Å². The minimum absolute atomic E-state index is 0.0127. The van der Waals surface area contributed by atoms with Crippen LogP contribution < -0.4 is 16.0 Å². The summed E-state index contributed by atoms with van der Waals surface area (Å²) in [5.41, 5.74) is 1.07. The molecule has 0 unspecified atom stereocenters. The number of hydrogen-bond acceptors (Lipinski definition) is 5. The lowest BCUT2D eigenvalue weighted by Gasteiger charge is -2.19. The van der Waals surface area contributed by atoms with Crippen LogP contribution in [0.5, 0.6) is 0 Å². The quantitative estimate of drug-likeness (QED) is 0.421. The number of nitrogens with one attached hydrogen (secondary N) is 3. The molecule has 174 valence electrons. The van der Waals surface area contributed by atoms with Gasteiger partial charge in [-0.3, -0.25) is 0 Å². The summed E-state index contributed by atoms with van der Waals surface area (Å²) < 4.78 is 31.6. The summed E-state index contributed by atoms with van der Waals surface area (Å²) in [6, 6.07) is 9.21. The average Bonchev–Trinajstić information content (AvgIpc) is 3.15. The van der Waals surface area contributed by atoms with Gasteiger partial charge in [0.1, 0.15) is 11.6 Å². The van der Waals surface area contributed by atoms with Gasteiger partial charge in [-0.05, 0) is 50.6 Å². The Balaban J connectivity index is 1.51. The summed E-state index contributed by atoms with van der Waals surface area (Å²) in [4.78, 5) is 29.1. The van der Waals surface area contributed by atoms with Gasteiger partial charge in [0.15, 0.2) is 0 Å². The van der Waals surface area contributed by atoms with Gasteiger partial charge in [-0.25, -0.2) is 23.4 Å². The van der Waals surface area contributed by atoms with Crippen LogP contribution in [0.3, 0.4) is 0 Å². The fraction of sp³-hybridized carbons (Fsp3) is 0.261. The van der Waals surface area contributed by atoms with Crippen LogP contribution in [0.2, 0.25) is 0 Å². The molecular formula is C23H24F2N4O3S. The number of rotatable bonds is 6. The van der Waals surface area contributed by atoms with Crippen LogP contribution in [0.4, 0.5) is 29.7 Å². The number of ether oxygens (including phenoxy) is 1. The topological polar surface area (TPSA) is 92.3 Å². The maximum Gasteiger partial charge on any atom is 0.407 e. The van der Waals surface area contributed by atoms with Gasteiger partial charge in [0, 0.05) is 35.6 Å². The lowest BCUT2D eigenvalue weighted by atomic mass is 10.1. The molecule has 0 atom stereocenters. The van der Waals surface area contributed by atoms with Crippen LogP contribution in [0.15, 0.2) is 48.7 Å². The molecule has 3 rings (SSSR count). The highest BCUT2D eigenvalue weighted by Crippen LogP contribution is 2.27. The highest BCUT2D eigenvalue weighted by atomic mass is 32.1. The number of benzene rings is 2. The maximum atomic E-state index is 13.2. The van der Waals surface area contributed by atoms with Crippen molar-refractivity contribution in [2.24, 2.45) is 0 Å². The first-order chi connectivity index (χ1) is 15.6. The smallest absolute Gasteiger partial charge is 0.407 e. The molecule has 0 fully saturated rings. The lowest BCUT2D eigenvalue weighted by molar-refractivity contribution is 0.139. The molecule has 0 bridgehead atoms. The van der Waals surface area contributed by atoms with Crippen LogP contribution in [0, 0.1) is 11.6 Å². The highest BCUT2D eigenvalue weighted by molar-refractivity contribution is 7.15. The van der Waals surface area contributed by atoms with E-state index in [1.807, 2.05) is 32.9 Å². The van der Waals surface area contributed by atoms with Crippen molar-refractivity contribution in [3.05, 3.63) is 65.3 Å². The van der Waals surface area contributed by atoms with Gasteiger partial charge >= 0.3 is 12.1 Å². The second-order valence-electron chi connectivity index (χ2n) is 8.19. The Kier molecular flexibility index (Phi) is 7.59.